The average molecular weight is 253 g/mol. The molecule has 2 heteroatoms. The van der Waals surface area contributed by atoms with E-state index < -0.39 is 0 Å². The molecule has 18 heavy (non-hydrogen) atoms. The van der Waals surface area contributed by atoms with Crippen LogP contribution in [0.5, 0.6) is 0 Å². The summed E-state index contributed by atoms with van der Waals surface area (Å²) in [5.74, 6) is 0.957. The summed E-state index contributed by atoms with van der Waals surface area (Å²) in [5.41, 5.74) is 0. The van der Waals surface area contributed by atoms with Crippen molar-refractivity contribution in [1.29, 1.82) is 0 Å². The third kappa shape index (κ3) is 3.48. The third-order valence-electron chi connectivity index (χ3n) is 5.22. The summed E-state index contributed by atoms with van der Waals surface area (Å²) in [6.45, 7) is 5.97. The molecule has 0 spiro atoms. The Balaban J connectivity index is 1.91. The van der Waals surface area contributed by atoms with Crippen molar-refractivity contribution in [2.75, 3.05) is 13.7 Å². The van der Waals surface area contributed by atoms with Crippen LogP contribution in [0.25, 0.3) is 0 Å². The summed E-state index contributed by atoms with van der Waals surface area (Å²) in [6, 6.07) is 1.64. The molecule has 0 aromatic carbocycles. The van der Waals surface area contributed by atoms with E-state index >= 15 is 0 Å². The van der Waals surface area contributed by atoms with Crippen molar-refractivity contribution in [1.82, 2.24) is 4.90 Å². The van der Waals surface area contributed by atoms with Gasteiger partial charge in [0.1, 0.15) is 0 Å². The van der Waals surface area contributed by atoms with Crippen LogP contribution >= 0.6 is 0 Å². The van der Waals surface area contributed by atoms with E-state index in [0.717, 1.165) is 18.0 Å². The Kier molecular flexibility index (Phi) is 5.50. The van der Waals surface area contributed by atoms with Gasteiger partial charge in [0.05, 0.1) is 6.10 Å². The maximum Gasteiger partial charge on any atom is 0.0586 e. The Labute approximate surface area is 113 Å². The van der Waals surface area contributed by atoms with E-state index in [4.69, 9.17) is 4.74 Å². The minimum absolute atomic E-state index is 0.514. The number of methoxy groups -OCH3 is 1. The second-order valence-corrected chi connectivity index (χ2v) is 6.42. The fraction of sp³-hybridized carbons (Fsp3) is 1.00. The minimum Gasteiger partial charge on any atom is -0.381 e. The molecule has 0 N–H and O–H groups in total. The Morgan fingerprint density at radius 3 is 2.33 bits per heavy atom. The van der Waals surface area contributed by atoms with Crippen LogP contribution in [0.1, 0.15) is 65.2 Å². The molecule has 2 rings (SSSR count). The van der Waals surface area contributed by atoms with Crippen LogP contribution in [0.4, 0.5) is 0 Å². The van der Waals surface area contributed by atoms with Crippen molar-refractivity contribution in [2.45, 2.75) is 83.4 Å². The Morgan fingerprint density at radius 1 is 1.00 bits per heavy atom. The third-order valence-corrected chi connectivity index (χ3v) is 5.22. The van der Waals surface area contributed by atoms with E-state index in [1.54, 1.807) is 0 Å². The van der Waals surface area contributed by atoms with Gasteiger partial charge in [-0.05, 0) is 63.8 Å². The van der Waals surface area contributed by atoms with Gasteiger partial charge >= 0.3 is 0 Å². The number of hydrogen-bond acceptors (Lipinski definition) is 2. The second kappa shape index (κ2) is 6.91. The number of rotatable bonds is 4. The lowest BCUT2D eigenvalue weighted by atomic mass is 9.84. The van der Waals surface area contributed by atoms with Gasteiger partial charge in [0.2, 0.25) is 0 Å². The summed E-state index contributed by atoms with van der Waals surface area (Å²) < 4.78 is 5.59. The predicted molar refractivity (Wildman–Crippen MR) is 76.9 cm³/mol. The summed E-state index contributed by atoms with van der Waals surface area (Å²) in [6.07, 6.45) is 11.5. The Morgan fingerprint density at radius 2 is 1.72 bits per heavy atom. The monoisotopic (exact) mass is 253 g/mol. The van der Waals surface area contributed by atoms with Gasteiger partial charge in [-0.15, -0.1) is 0 Å². The lowest BCUT2D eigenvalue weighted by molar-refractivity contribution is 0.00753. The molecule has 2 unspecified atom stereocenters. The van der Waals surface area contributed by atoms with Crippen molar-refractivity contribution in [3.8, 4) is 0 Å². The van der Waals surface area contributed by atoms with Crippen LogP contribution in [0.15, 0.2) is 0 Å². The van der Waals surface area contributed by atoms with Gasteiger partial charge in [-0.1, -0.05) is 13.8 Å². The topological polar surface area (TPSA) is 12.5 Å². The molecule has 2 fully saturated rings. The lowest BCUT2D eigenvalue weighted by Crippen LogP contribution is -2.47. The maximum atomic E-state index is 5.59. The van der Waals surface area contributed by atoms with Crippen LogP contribution < -0.4 is 0 Å². The summed E-state index contributed by atoms with van der Waals surface area (Å²) in [7, 11) is 1.88. The maximum absolute atomic E-state index is 5.59. The van der Waals surface area contributed by atoms with E-state index in [1.807, 2.05) is 7.11 Å². The van der Waals surface area contributed by atoms with Crippen molar-refractivity contribution >= 4 is 0 Å². The zero-order valence-electron chi connectivity index (χ0n) is 12.5. The quantitative estimate of drug-likeness (QED) is 0.754. The van der Waals surface area contributed by atoms with Crippen molar-refractivity contribution in [3.05, 3.63) is 0 Å². The normalized spacial score (nSPS) is 38.0. The first kappa shape index (κ1) is 14.3. The number of hydrogen-bond donors (Lipinski definition) is 0. The zero-order chi connectivity index (χ0) is 13.0. The van der Waals surface area contributed by atoms with Crippen LogP contribution in [0, 0.1) is 5.92 Å². The highest BCUT2D eigenvalue weighted by atomic mass is 16.5. The molecule has 0 heterocycles. The molecular formula is C16H31NO. The van der Waals surface area contributed by atoms with Gasteiger partial charge in [0.25, 0.3) is 0 Å². The standard InChI is InChI=1S/C16H31NO/c1-4-17(14-10-8-13(2)9-11-14)15-6-5-7-16(12-15)18-3/h13-16H,4-12H2,1-3H3. The molecule has 0 aliphatic heterocycles. The predicted octanol–water partition coefficient (Wildman–Crippen LogP) is 3.84. The van der Waals surface area contributed by atoms with Crippen LogP contribution in [0.3, 0.4) is 0 Å². The SMILES string of the molecule is CCN(C1CCC(C)CC1)C1CCCC(OC)C1. The zero-order valence-corrected chi connectivity index (χ0v) is 12.5. The molecular weight excluding hydrogens is 222 g/mol. The van der Waals surface area contributed by atoms with Crippen LogP contribution in [-0.4, -0.2) is 36.7 Å². The van der Waals surface area contributed by atoms with Gasteiger partial charge in [-0.25, -0.2) is 0 Å². The number of ether oxygens (including phenoxy) is 1. The molecule has 0 radical (unpaired) electrons. The molecule has 0 aromatic heterocycles. The van der Waals surface area contributed by atoms with E-state index in [9.17, 15) is 0 Å². The molecule has 0 saturated heterocycles. The molecule has 2 aliphatic rings. The Bertz CT molecular complexity index is 235. The Hall–Kier alpha value is -0.0800. The second-order valence-electron chi connectivity index (χ2n) is 6.42. The highest BCUT2D eigenvalue weighted by Gasteiger charge is 2.31. The van der Waals surface area contributed by atoms with Crippen LogP contribution in [-0.2, 0) is 4.74 Å². The first-order chi connectivity index (χ1) is 8.74. The van der Waals surface area contributed by atoms with Crippen molar-refractivity contribution in [3.63, 3.8) is 0 Å². The summed E-state index contributed by atoms with van der Waals surface area (Å²) in [4.78, 5) is 2.80. The largest absolute Gasteiger partial charge is 0.381 e. The molecule has 2 atom stereocenters. The van der Waals surface area contributed by atoms with Crippen molar-refractivity contribution in [2.24, 2.45) is 5.92 Å². The molecule has 0 aromatic rings. The smallest absolute Gasteiger partial charge is 0.0586 e. The first-order valence-corrected chi connectivity index (χ1v) is 8.03. The highest BCUT2D eigenvalue weighted by Crippen LogP contribution is 2.32. The van der Waals surface area contributed by atoms with Gasteiger partial charge in [0.15, 0.2) is 0 Å². The first-order valence-electron chi connectivity index (χ1n) is 8.03. The fourth-order valence-corrected chi connectivity index (χ4v) is 4.02. The highest BCUT2D eigenvalue weighted by molar-refractivity contribution is 4.86. The molecule has 106 valence electrons. The molecule has 0 bridgehead atoms. The molecule has 2 saturated carbocycles. The summed E-state index contributed by atoms with van der Waals surface area (Å²) >= 11 is 0. The lowest BCUT2D eigenvalue weighted by Gasteiger charge is -2.43. The van der Waals surface area contributed by atoms with Gasteiger partial charge < -0.3 is 4.74 Å². The van der Waals surface area contributed by atoms with E-state index in [1.165, 1.54) is 57.9 Å². The molecule has 0 amide bonds. The average Bonchev–Trinajstić information content (AvgIpc) is 2.42. The van der Waals surface area contributed by atoms with Gasteiger partial charge in [-0.2, -0.15) is 0 Å². The fourth-order valence-electron chi connectivity index (χ4n) is 4.02. The van der Waals surface area contributed by atoms with E-state index in [-0.39, 0.29) is 0 Å². The van der Waals surface area contributed by atoms with Crippen molar-refractivity contribution < 1.29 is 4.74 Å². The van der Waals surface area contributed by atoms with E-state index in [0.29, 0.717) is 6.10 Å². The van der Waals surface area contributed by atoms with Gasteiger partial charge in [0, 0.05) is 19.2 Å². The van der Waals surface area contributed by atoms with Gasteiger partial charge in [-0.3, -0.25) is 4.90 Å². The number of nitrogens with zero attached hydrogens (tertiary/aromatic N) is 1. The summed E-state index contributed by atoms with van der Waals surface area (Å²) in [5, 5.41) is 0. The molecule has 2 aliphatic carbocycles. The van der Waals surface area contributed by atoms with E-state index in [2.05, 4.69) is 18.7 Å². The minimum atomic E-state index is 0.514. The molecule has 2 nitrogen and oxygen atoms in total. The van der Waals surface area contributed by atoms with Crippen LogP contribution in [0.2, 0.25) is 0 Å².